The Kier molecular flexibility index (Phi) is 5.43. The van der Waals surface area contributed by atoms with Crippen LogP contribution in [0.4, 0.5) is 0 Å². The van der Waals surface area contributed by atoms with Gasteiger partial charge in [0.25, 0.3) is 0 Å². The molecule has 2 aromatic rings. The van der Waals surface area contributed by atoms with Gasteiger partial charge in [-0.15, -0.1) is 0 Å². The van der Waals surface area contributed by atoms with E-state index in [1.165, 1.54) is 0 Å². The molecule has 2 N–H and O–H groups in total. The molecule has 1 aliphatic carbocycles. The SMILES string of the molecule is COCCOc1ncccc1CNC(=O)C1CCc2nc[nH]c2C1. The Bertz CT molecular complexity index is 686. The second kappa shape index (κ2) is 7.92. The Balaban J connectivity index is 1.55. The molecule has 7 heteroatoms. The average Bonchev–Trinajstić information content (AvgIpc) is 3.08. The quantitative estimate of drug-likeness (QED) is 0.746. The first kappa shape index (κ1) is 16.4. The Morgan fingerprint density at radius 2 is 2.33 bits per heavy atom. The van der Waals surface area contributed by atoms with E-state index in [-0.39, 0.29) is 11.8 Å². The van der Waals surface area contributed by atoms with E-state index in [1.807, 2.05) is 12.1 Å². The molecule has 0 bridgehead atoms. The van der Waals surface area contributed by atoms with Crippen molar-refractivity contribution in [2.45, 2.75) is 25.8 Å². The van der Waals surface area contributed by atoms with Crippen LogP contribution in [0.15, 0.2) is 24.7 Å². The number of pyridine rings is 1. The van der Waals surface area contributed by atoms with Gasteiger partial charge in [-0.25, -0.2) is 9.97 Å². The minimum atomic E-state index is -0.0209. The molecule has 0 aliphatic heterocycles. The third kappa shape index (κ3) is 3.91. The monoisotopic (exact) mass is 330 g/mol. The number of nitrogens with one attached hydrogen (secondary N) is 2. The van der Waals surface area contributed by atoms with Gasteiger partial charge in [0.1, 0.15) is 6.61 Å². The smallest absolute Gasteiger partial charge is 0.223 e. The molecular weight excluding hydrogens is 308 g/mol. The van der Waals surface area contributed by atoms with E-state index in [2.05, 4.69) is 20.3 Å². The number of ether oxygens (including phenoxy) is 2. The number of carbonyl (C=O) groups excluding carboxylic acids is 1. The van der Waals surface area contributed by atoms with Crippen molar-refractivity contribution >= 4 is 5.91 Å². The number of imidazole rings is 1. The summed E-state index contributed by atoms with van der Waals surface area (Å²) in [5.41, 5.74) is 3.02. The predicted octanol–water partition coefficient (Wildman–Crippen LogP) is 1.25. The number of aromatic nitrogens is 3. The summed E-state index contributed by atoms with van der Waals surface area (Å²) >= 11 is 0. The van der Waals surface area contributed by atoms with Crippen molar-refractivity contribution in [3.8, 4) is 5.88 Å². The van der Waals surface area contributed by atoms with Crippen LogP contribution >= 0.6 is 0 Å². The summed E-state index contributed by atoms with van der Waals surface area (Å²) in [4.78, 5) is 24.1. The van der Waals surface area contributed by atoms with Crippen LogP contribution in [-0.2, 0) is 28.9 Å². The first-order chi connectivity index (χ1) is 11.8. The number of nitrogens with zero attached hydrogens (tertiary/aromatic N) is 2. The number of rotatable bonds is 7. The molecule has 1 aliphatic rings. The normalized spacial score (nSPS) is 16.5. The molecule has 0 radical (unpaired) electrons. The highest BCUT2D eigenvalue weighted by atomic mass is 16.5. The van der Waals surface area contributed by atoms with Crippen LogP contribution in [0.2, 0.25) is 0 Å². The highest BCUT2D eigenvalue weighted by Crippen LogP contribution is 2.23. The fourth-order valence-electron chi connectivity index (χ4n) is 2.86. The number of carbonyl (C=O) groups is 1. The van der Waals surface area contributed by atoms with Crippen LogP contribution in [0.3, 0.4) is 0 Å². The molecule has 24 heavy (non-hydrogen) atoms. The highest BCUT2D eigenvalue weighted by molar-refractivity contribution is 5.79. The maximum Gasteiger partial charge on any atom is 0.223 e. The largest absolute Gasteiger partial charge is 0.475 e. The molecule has 0 fully saturated rings. The molecule has 2 aromatic heterocycles. The van der Waals surface area contributed by atoms with Crippen LogP contribution in [-0.4, -0.2) is 41.2 Å². The molecule has 1 amide bonds. The van der Waals surface area contributed by atoms with Gasteiger partial charge in [-0.1, -0.05) is 6.07 Å². The Hall–Kier alpha value is -2.41. The van der Waals surface area contributed by atoms with Crippen LogP contribution in [0, 0.1) is 5.92 Å². The van der Waals surface area contributed by atoms with Crippen LogP contribution in [0.25, 0.3) is 0 Å². The van der Waals surface area contributed by atoms with Gasteiger partial charge in [-0.05, 0) is 18.9 Å². The molecule has 0 saturated heterocycles. The van der Waals surface area contributed by atoms with E-state index in [0.717, 1.165) is 29.8 Å². The summed E-state index contributed by atoms with van der Waals surface area (Å²) in [5.74, 6) is 0.573. The topological polar surface area (TPSA) is 89.1 Å². The van der Waals surface area contributed by atoms with E-state index >= 15 is 0 Å². The maximum atomic E-state index is 12.4. The van der Waals surface area contributed by atoms with Crippen molar-refractivity contribution in [2.75, 3.05) is 20.3 Å². The minimum absolute atomic E-state index is 0.0209. The molecule has 1 atom stereocenters. The standard InChI is InChI=1S/C17H22N4O3/c1-23-7-8-24-17-13(3-2-6-18-17)10-19-16(22)12-4-5-14-15(9-12)21-11-20-14/h2-3,6,11-12H,4-5,7-10H2,1H3,(H,19,22)(H,20,21). The zero-order valence-electron chi connectivity index (χ0n) is 13.7. The fourth-order valence-corrected chi connectivity index (χ4v) is 2.86. The lowest BCUT2D eigenvalue weighted by Crippen LogP contribution is -2.34. The van der Waals surface area contributed by atoms with Crippen molar-refractivity contribution in [1.82, 2.24) is 20.3 Å². The number of aromatic amines is 1. The van der Waals surface area contributed by atoms with Gasteiger partial charge in [-0.3, -0.25) is 4.79 Å². The average molecular weight is 330 g/mol. The number of fused-ring (bicyclic) bond motifs is 1. The summed E-state index contributed by atoms with van der Waals surface area (Å²) in [7, 11) is 1.62. The van der Waals surface area contributed by atoms with E-state index in [9.17, 15) is 4.79 Å². The molecule has 7 nitrogen and oxygen atoms in total. The zero-order chi connectivity index (χ0) is 16.8. The van der Waals surface area contributed by atoms with Crippen LogP contribution < -0.4 is 10.1 Å². The van der Waals surface area contributed by atoms with Crippen LogP contribution in [0.5, 0.6) is 5.88 Å². The summed E-state index contributed by atoms with van der Waals surface area (Å²) in [6.07, 6.45) is 5.76. The van der Waals surface area contributed by atoms with Gasteiger partial charge < -0.3 is 19.8 Å². The third-order valence-electron chi connectivity index (χ3n) is 4.19. The molecule has 0 spiro atoms. The van der Waals surface area contributed by atoms with E-state index in [1.54, 1.807) is 19.6 Å². The second-order valence-electron chi connectivity index (χ2n) is 5.79. The lowest BCUT2D eigenvalue weighted by Gasteiger charge is -2.21. The number of aryl methyl sites for hydroxylation is 1. The Labute approximate surface area is 140 Å². The minimum Gasteiger partial charge on any atom is -0.475 e. The molecular formula is C17H22N4O3. The summed E-state index contributed by atoms with van der Waals surface area (Å²) in [6, 6.07) is 3.74. The Morgan fingerprint density at radius 3 is 3.21 bits per heavy atom. The third-order valence-corrected chi connectivity index (χ3v) is 4.19. The molecule has 0 saturated carbocycles. The van der Waals surface area contributed by atoms with Gasteiger partial charge in [0.2, 0.25) is 11.8 Å². The van der Waals surface area contributed by atoms with Crippen molar-refractivity contribution < 1.29 is 14.3 Å². The van der Waals surface area contributed by atoms with Gasteiger partial charge in [0.05, 0.1) is 18.6 Å². The lowest BCUT2D eigenvalue weighted by molar-refractivity contribution is -0.125. The van der Waals surface area contributed by atoms with Gasteiger partial charge >= 0.3 is 0 Å². The van der Waals surface area contributed by atoms with Crippen LogP contribution in [0.1, 0.15) is 23.4 Å². The highest BCUT2D eigenvalue weighted by Gasteiger charge is 2.26. The van der Waals surface area contributed by atoms with Crippen molar-refractivity contribution in [1.29, 1.82) is 0 Å². The van der Waals surface area contributed by atoms with Crippen molar-refractivity contribution in [3.63, 3.8) is 0 Å². The lowest BCUT2D eigenvalue weighted by atomic mass is 9.89. The van der Waals surface area contributed by atoms with Gasteiger partial charge in [0, 0.05) is 43.4 Å². The van der Waals surface area contributed by atoms with E-state index in [0.29, 0.717) is 32.1 Å². The first-order valence-electron chi connectivity index (χ1n) is 8.12. The Morgan fingerprint density at radius 1 is 1.42 bits per heavy atom. The number of hydrogen-bond acceptors (Lipinski definition) is 5. The summed E-state index contributed by atoms with van der Waals surface area (Å²) in [6.45, 7) is 1.33. The van der Waals surface area contributed by atoms with E-state index < -0.39 is 0 Å². The number of amides is 1. The molecule has 3 rings (SSSR count). The fraction of sp³-hybridized carbons (Fsp3) is 0.471. The number of H-pyrrole nitrogens is 1. The summed E-state index contributed by atoms with van der Waals surface area (Å²) < 4.78 is 10.6. The molecule has 2 heterocycles. The molecule has 1 unspecified atom stereocenters. The molecule has 0 aromatic carbocycles. The summed E-state index contributed by atoms with van der Waals surface area (Å²) in [5, 5.41) is 3.00. The van der Waals surface area contributed by atoms with Crippen molar-refractivity contribution in [3.05, 3.63) is 41.6 Å². The number of hydrogen-bond donors (Lipinski definition) is 2. The second-order valence-corrected chi connectivity index (χ2v) is 5.79. The zero-order valence-corrected chi connectivity index (χ0v) is 13.7. The predicted molar refractivity (Wildman–Crippen MR) is 87.6 cm³/mol. The van der Waals surface area contributed by atoms with Crippen molar-refractivity contribution in [2.24, 2.45) is 5.92 Å². The number of methoxy groups -OCH3 is 1. The van der Waals surface area contributed by atoms with E-state index in [4.69, 9.17) is 9.47 Å². The first-order valence-corrected chi connectivity index (χ1v) is 8.12. The van der Waals surface area contributed by atoms with Gasteiger partial charge in [0.15, 0.2) is 0 Å². The molecule has 128 valence electrons. The maximum absolute atomic E-state index is 12.4. The van der Waals surface area contributed by atoms with Gasteiger partial charge in [-0.2, -0.15) is 0 Å².